The highest BCUT2D eigenvalue weighted by Crippen LogP contribution is 2.28. The van der Waals surface area contributed by atoms with E-state index in [0.717, 1.165) is 25.5 Å². The number of sulfone groups is 1. The van der Waals surface area contributed by atoms with Gasteiger partial charge in [-0.25, -0.2) is 8.42 Å². The molecule has 1 fully saturated rings. The summed E-state index contributed by atoms with van der Waals surface area (Å²) >= 11 is 0. The number of nitrogens with two attached hydrogens (primary N) is 1. The van der Waals surface area contributed by atoms with Gasteiger partial charge in [0.2, 0.25) is 0 Å². The van der Waals surface area contributed by atoms with Crippen LogP contribution in [0, 0.1) is 0 Å². The molecule has 0 saturated heterocycles. The molecule has 1 aromatic carbocycles. The van der Waals surface area contributed by atoms with Crippen LogP contribution in [0.25, 0.3) is 0 Å². The summed E-state index contributed by atoms with van der Waals surface area (Å²) in [5.41, 5.74) is 6.03. The van der Waals surface area contributed by atoms with Gasteiger partial charge in [0.15, 0.2) is 9.84 Å². The number of hydrogen-bond donors (Lipinski definition) is 1. The molecule has 0 aliphatic heterocycles. The summed E-state index contributed by atoms with van der Waals surface area (Å²) < 4.78 is 22.8. The maximum Gasteiger partial charge on any atom is 0.254 e. The van der Waals surface area contributed by atoms with Gasteiger partial charge in [-0.05, 0) is 50.1 Å². The number of benzene rings is 1. The minimum absolute atomic E-state index is 0.0407. The molecule has 1 saturated carbocycles. The van der Waals surface area contributed by atoms with Crippen LogP contribution in [0.15, 0.2) is 29.2 Å². The van der Waals surface area contributed by atoms with Gasteiger partial charge in [0, 0.05) is 24.4 Å². The Kier molecular flexibility index (Phi) is 4.45. The van der Waals surface area contributed by atoms with E-state index in [1.54, 1.807) is 12.1 Å². The number of carbonyl (C=O) groups is 1. The van der Waals surface area contributed by atoms with E-state index in [0.29, 0.717) is 24.7 Å². The minimum Gasteiger partial charge on any atom is -0.336 e. The predicted octanol–water partition coefficient (Wildman–Crippen LogP) is 1.04. The molecule has 1 aliphatic carbocycles. The minimum atomic E-state index is -3.23. The van der Waals surface area contributed by atoms with Crippen LogP contribution in [-0.2, 0) is 9.84 Å². The van der Waals surface area contributed by atoms with Crippen molar-refractivity contribution in [3.8, 4) is 0 Å². The molecule has 2 rings (SSSR count). The molecule has 0 heterocycles. The summed E-state index contributed by atoms with van der Waals surface area (Å²) in [5, 5.41) is 0. The van der Waals surface area contributed by atoms with Crippen LogP contribution in [0.1, 0.15) is 29.6 Å². The Morgan fingerprint density at radius 1 is 1.30 bits per heavy atom. The van der Waals surface area contributed by atoms with Gasteiger partial charge in [-0.2, -0.15) is 0 Å². The average molecular weight is 296 g/mol. The van der Waals surface area contributed by atoms with Crippen molar-refractivity contribution in [3.05, 3.63) is 29.8 Å². The first-order valence-electron chi connectivity index (χ1n) is 6.74. The first-order chi connectivity index (χ1) is 9.43. The lowest BCUT2D eigenvalue weighted by molar-refractivity contribution is 0.0742. The second kappa shape index (κ2) is 5.93. The summed E-state index contributed by atoms with van der Waals surface area (Å²) in [5.74, 6) is -0.0407. The fraction of sp³-hybridized carbons (Fsp3) is 0.500. The van der Waals surface area contributed by atoms with Crippen LogP contribution in [0.4, 0.5) is 0 Å². The van der Waals surface area contributed by atoms with Gasteiger partial charge >= 0.3 is 0 Å². The molecular formula is C14H20N2O3S. The van der Waals surface area contributed by atoms with Crippen molar-refractivity contribution in [1.29, 1.82) is 0 Å². The molecule has 6 heteroatoms. The van der Waals surface area contributed by atoms with E-state index in [-0.39, 0.29) is 10.8 Å². The highest BCUT2D eigenvalue weighted by molar-refractivity contribution is 7.90. The van der Waals surface area contributed by atoms with Crippen molar-refractivity contribution >= 4 is 15.7 Å². The van der Waals surface area contributed by atoms with Crippen molar-refractivity contribution < 1.29 is 13.2 Å². The van der Waals surface area contributed by atoms with Crippen molar-refractivity contribution in [2.24, 2.45) is 5.73 Å². The molecule has 0 atom stereocenters. The van der Waals surface area contributed by atoms with Crippen molar-refractivity contribution in [2.75, 3.05) is 19.3 Å². The predicted molar refractivity (Wildman–Crippen MR) is 77.3 cm³/mol. The Bertz CT molecular complexity index is 577. The Balaban J connectivity index is 2.15. The molecular weight excluding hydrogens is 276 g/mol. The molecule has 0 bridgehead atoms. The third-order valence-electron chi connectivity index (χ3n) is 3.38. The van der Waals surface area contributed by atoms with Crippen LogP contribution in [0.2, 0.25) is 0 Å². The second-order valence-corrected chi connectivity index (χ2v) is 7.18. The van der Waals surface area contributed by atoms with Crippen LogP contribution in [-0.4, -0.2) is 44.6 Å². The zero-order valence-electron chi connectivity index (χ0n) is 11.6. The molecule has 0 aromatic heterocycles. The van der Waals surface area contributed by atoms with E-state index in [1.165, 1.54) is 12.1 Å². The van der Waals surface area contributed by atoms with Gasteiger partial charge in [0.1, 0.15) is 0 Å². The molecule has 0 unspecified atom stereocenters. The van der Waals surface area contributed by atoms with Crippen molar-refractivity contribution in [1.82, 2.24) is 4.90 Å². The zero-order valence-corrected chi connectivity index (χ0v) is 12.4. The van der Waals surface area contributed by atoms with Crippen LogP contribution < -0.4 is 5.73 Å². The van der Waals surface area contributed by atoms with Gasteiger partial charge in [-0.1, -0.05) is 0 Å². The lowest BCUT2D eigenvalue weighted by Crippen LogP contribution is -2.34. The lowest BCUT2D eigenvalue weighted by Gasteiger charge is -2.22. The molecule has 5 nitrogen and oxygen atoms in total. The second-order valence-electron chi connectivity index (χ2n) is 5.17. The fourth-order valence-electron chi connectivity index (χ4n) is 2.11. The van der Waals surface area contributed by atoms with E-state index in [9.17, 15) is 13.2 Å². The largest absolute Gasteiger partial charge is 0.336 e. The fourth-order valence-corrected chi connectivity index (χ4v) is 2.74. The van der Waals surface area contributed by atoms with Gasteiger partial charge < -0.3 is 10.6 Å². The first-order valence-corrected chi connectivity index (χ1v) is 8.64. The van der Waals surface area contributed by atoms with Crippen molar-refractivity contribution in [2.45, 2.75) is 30.2 Å². The molecule has 1 aromatic rings. The van der Waals surface area contributed by atoms with E-state index in [1.807, 2.05) is 4.90 Å². The number of amides is 1. The number of carbonyl (C=O) groups excluding carboxylic acids is 1. The summed E-state index contributed by atoms with van der Waals surface area (Å²) in [6.45, 7) is 1.22. The molecule has 110 valence electrons. The Labute approximate surface area is 119 Å². The van der Waals surface area contributed by atoms with Gasteiger partial charge in [0.25, 0.3) is 5.91 Å². The van der Waals surface area contributed by atoms with Crippen LogP contribution in [0.3, 0.4) is 0 Å². The lowest BCUT2D eigenvalue weighted by atomic mass is 10.2. The van der Waals surface area contributed by atoms with Crippen LogP contribution >= 0.6 is 0 Å². The topological polar surface area (TPSA) is 80.5 Å². The third kappa shape index (κ3) is 3.58. The highest BCUT2D eigenvalue weighted by Gasteiger charge is 2.32. The smallest absolute Gasteiger partial charge is 0.254 e. The normalized spacial score (nSPS) is 15.1. The third-order valence-corrected chi connectivity index (χ3v) is 4.51. The summed E-state index contributed by atoms with van der Waals surface area (Å²) in [4.78, 5) is 14.5. The molecule has 1 aliphatic rings. The quantitative estimate of drug-likeness (QED) is 0.850. The molecule has 0 spiro atoms. The van der Waals surface area contributed by atoms with Gasteiger partial charge in [-0.3, -0.25) is 4.79 Å². The molecule has 20 heavy (non-hydrogen) atoms. The summed E-state index contributed by atoms with van der Waals surface area (Å²) in [6.07, 6.45) is 4.01. The molecule has 1 amide bonds. The Morgan fingerprint density at radius 3 is 2.35 bits per heavy atom. The highest BCUT2D eigenvalue weighted by atomic mass is 32.2. The van der Waals surface area contributed by atoms with E-state index >= 15 is 0 Å². The number of hydrogen-bond acceptors (Lipinski definition) is 4. The van der Waals surface area contributed by atoms with E-state index in [4.69, 9.17) is 5.73 Å². The van der Waals surface area contributed by atoms with E-state index < -0.39 is 9.84 Å². The molecule has 2 N–H and O–H groups in total. The van der Waals surface area contributed by atoms with Gasteiger partial charge in [-0.15, -0.1) is 0 Å². The standard InChI is InChI=1S/C14H20N2O3S/c1-20(18,19)13-7-3-11(4-8-13)14(17)16(10-2-9-15)12-5-6-12/h3-4,7-8,12H,2,5-6,9-10,15H2,1H3. The molecule has 0 radical (unpaired) electrons. The van der Waals surface area contributed by atoms with E-state index in [2.05, 4.69) is 0 Å². The maximum absolute atomic E-state index is 12.4. The first kappa shape index (κ1) is 15.0. The Morgan fingerprint density at radius 2 is 1.90 bits per heavy atom. The monoisotopic (exact) mass is 296 g/mol. The maximum atomic E-state index is 12.4. The SMILES string of the molecule is CS(=O)(=O)c1ccc(C(=O)N(CCCN)C2CC2)cc1. The average Bonchev–Trinajstić information content (AvgIpc) is 3.23. The van der Waals surface area contributed by atoms with Crippen molar-refractivity contribution in [3.63, 3.8) is 0 Å². The number of rotatable bonds is 6. The van der Waals surface area contributed by atoms with Gasteiger partial charge in [0.05, 0.1) is 4.90 Å². The summed E-state index contributed by atoms with van der Waals surface area (Å²) in [7, 11) is -3.23. The number of nitrogens with zero attached hydrogens (tertiary/aromatic N) is 1. The zero-order chi connectivity index (χ0) is 14.8. The summed E-state index contributed by atoms with van der Waals surface area (Å²) in [6, 6.07) is 6.45. The Hall–Kier alpha value is -1.40. The van der Waals surface area contributed by atoms with Crippen LogP contribution in [0.5, 0.6) is 0 Å².